The zero-order valence-corrected chi connectivity index (χ0v) is 12.1. The molecule has 0 aliphatic carbocycles. The van der Waals surface area contributed by atoms with E-state index in [4.69, 9.17) is 4.74 Å². The van der Waals surface area contributed by atoms with Crippen molar-refractivity contribution in [2.45, 2.75) is 6.42 Å². The zero-order chi connectivity index (χ0) is 14.9. The number of carbonyl (C=O) groups is 1. The van der Waals surface area contributed by atoms with Crippen LogP contribution >= 0.6 is 0 Å². The van der Waals surface area contributed by atoms with Gasteiger partial charge in [0.1, 0.15) is 5.75 Å². The fraction of sp³-hybridized carbons (Fsp3) is 0.167. The normalized spacial score (nSPS) is 10.5. The summed E-state index contributed by atoms with van der Waals surface area (Å²) in [5, 5.41) is 2.87. The summed E-state index contributed by atoms with van der Waals surface area (Å²) in [6.45, 7) is 0.532. The van der Waals surface area contributed by atoms with Crippen LogP contribution in [-0.4, -0.2) is 19.6 Å². The number of methoxy groups -OCH3 is 1. The highest BCUT2D eigenvalue weighted by Gasteiger charge is 2.02. The number of amides is 1. The van der Waals surface area contributed by atoms with Crippen LogP contribution in [0.1, 0.15) is 11.1 Å². The first-order valence-corrected chi connectivity index (χ1v) is 6.89. The number of carbonyl (C=O) groups excluding carboxylic acids is 1. The smallest absolute Gasteiger partial charge is 0.224 e. The summed E-state index contributed by atoms with van der Waals surface area (Å²) in [7, 11) is 1.63. The molecule has 0 aromatic heterocycles. The predicted molar refractivity (Wildman–Crippen MR) is 85.2 cm³/mol. The Bertz CT molecular complexity index is 588. The van der Waals surface area contributed by atoms with Crippen LogP contribution < -0.4 is 10.1 Å². The Morgan fingerprint density at radius 1 is 1.10 bits per heavy atom. The molecule has 2 aromatic rings. The highest BCUT2D eigenvalue weighted by molar-refractivity contribution is 5.78. The topological polar surface area (TPSA) is 38.3 Å². The Kier molecular flexibility index (Phi) is 5.59. The van der Waals surface area contributed by atoms with Crippen LogP contribution in [0, 0.1) is 0 Å². The van der Waals surface area contributed by atoms with Gasteiger partial charge in [-0.25, -0.2) is 0 Å². The fourth-order valence-corrected chi connectivity index (χ4v) is 1.92. The number of ether oxygens (including phenoxy) is 1. The van der Waals surface area contributed by atoms with Crippen molar-refractivity contribution in [2.75, 3.05) is 13.7 Å². The summed E-state index contributed by atoms with van der Waals surface area (Å²) < 4.78 is 5.09. The van der Waals surface area contributed by atoms with Crippen molar-refractivity contribution in [1.29, 1.82) is 0 Å². The molecule has 2 aromatic carbocycles. The van der Waals surface area contributed by atoms with Crippen molar-refractivity contribution >= 4 is 12.0 Å². The minimum Gasteiger partial charge on any atom is -0.497 e. The van der Waals surface area contributed by atoms with Crippen LogP contribution in [0.4, 0.5) is 0 Å². The second kappa shape index (κ2) is 7.90. The number of rotatable bonds is 6. The SMILES string of the molecule is COc1ccc(CC(=O)NC/C=C/c2ccccc2)cc1. The van der Waals surface area contributed by atoms with Gasteiger partial charge in [-0.3, -0.25) is 4.79 Å². The molecular formula is C18H19NO2. The molecule has 21 heavy (non-hydrogen) atoms. The molecule has 108 valence electrons. The third kappa shape index (κ3) is 5.15. The minimum atomic E-state index is 0.0119. The third-order valence-corrected chi connectivity index (χ3v) is 3.05. The molecule has 0 radical (unpaired) electrons. The number of benzene rings is 2. The highest BCUT2D eigenvalue weighted by Crippen LogP contribution is 2.11. The maximum Gasteiger partial charge on any atom is 0.224 e. The Balaban J connectivity index is 1.75. The molecule has 0 unspecified atom stereocenters. The first-order chi connectivity index (χ1) is 10.3. The van der Waals surface area contributed by atoms with Gasteiger partial charge in [0.2, 0.25) is 5.91 Å². The van der Waals surface area contributed by atoms with E-state index in [2.05, 4.69) is 5.32 Å². The average Bonchev–Trinajstić information content (AvgIpc) is 2.53. The lowest BCUT2D eigenvalue weighted by Gasteiger charge is -2.04. The maximum atomic E-state index is 11.8. The molecule has 0 saturated heterocycles. The van der Waals surface area contributed by atoms with Crippen molar-refractivity contribution < 1.29 is 9.53 Å². The number of hydrogen-bond acceptors (Lipinski definition) is 2. The Labute approximate surface area is 125 Å². The van der Waals surface area contributed by atoms with Crippen LogP contribution in [0.3, 0.4) is 0 Å². The summed E-state index contributed by atoms with van der Waals surface area (Å²) in [6.07, 6.45) is 4.32. The molecule has 0 atom stereocenters. The lowest BCUT2D eigenvalue weighted by atomic mass is 10.1. The lowest BCUT2D eigenvalue weighted by Crippen LogP contribution is -2.24. The van der Waals surface area contributed by atoms with Gasteiger partial charge in [-0.2, -0.15) is 0 Å². The van der Waals surface area contributed by atoms with E-state index in [1.807, 2.05) is 66.7 Å². The monoisotopic (exact) mass is 281 g/mol. The van der Waals surface area contributed by atoms with Gasteiger partial charge in [-0.15, -0.1) is 0 Å². The molecule has 0 aliphatic heterocycles. The van der Waals surface area contributed by atoms with E-state index >= 15 is 0 Å². The molecule has 1 amide bonds. The predicted octanol–water partition coefficient (Wildman–Crippen LogP) is 3.07. The largest absolute Gasteiger partial charge is 0.497 e. The quantitative estimate of drug-likeness (QED) is 0.883. The van der Waals surface area contributed by atoms with Gasteiger partial charge < -0.3 is 10.1 Å². The van der Waals surface area contributed by atoms with Crippen molar-refractivity contribution in [3.8, 4) is 5.75 Å². The van der Waals surface area contributed by atoms with Crippen molar-refractivity contribution in [2.24, 2.45) is 0 Å². The van der Waals surface area contributed by atoms with Crippen LogP contribution in [0.15, 0.2) is 60.7 Å². The van der Waals surface area contributed by atoms with Crippen molar-refractivity contribution in [3.63, 3.8) is 0 Å². The first-order valence-electron chi connectivity index (χ1n) is 6.89. The summed E-state index contributed by atoms with van der Waals surface area (Å²) >= 11 is 0. The van der Waals surface area contributed by atoms with Crippen LogP contribution in [-0.2, 0) is 11.2 Å². The van der Waals surface area contributed by atoms with E-state index in [1.54, 1.807) is 7.11 Å². The third-order valence-electron chi connectivity index (χ3n) is 3.05. The minimum absolute atomic E-state index is 0.0119. The molecule has 0 bridgehead atoms. The van der Waals surface area contributed by atoms with Gasteiger partial charge in [0.05, 0.1) is 13.5 Å². The van der Waals surface area contributed by atoms with Crippen LogP contribution in [0.2, 0.25) is 0 Å². The molecule has 1 N–H and O–H groups in total. The van der Waals surface area contributed by atoms with E-state index in [9.17, 15) is 4.79 Å². The second-order valence-corrected chi connectivity index (χ2v) is 4.64. The van der Waals surface area contributed by atoms with Crippen LogP contribution in [0.25, 0.3) is 6.08 Å². The Hall–Kier alpha value is -2.55. The molecule has 0 saturated carbocycles. The fourth-order valence-electron chi connectivity index (χ4n) is 1.92. The van der Waals surface area contributed by atoms with Gasteiger partial charge in [0, 0.05) is 6.54 Å². The summed E-state index contributed by atoms with van der Waals surface area (Å²) in [5.41, 5.74) is 2.10. The van der Waals surface area contributed by atoms with E-state index in [1.165, 1.54) is 0 Å². The standard InChI is InChI=1S/C18H19NO2/c1-21-17-11-9-16(10-12-17)14-18(20)19-13-5-8-15-6-3-2-4-7-15/h2-12H,13-14H2,1H3,(H,19,20)/b8-5+. The van der Waals surface area contributed by atoms with Gasteiger partial charge in [0.25, 0.3) is 0 Å². The second-order valence-electron chi connectivity index (χ2n) is 4.64. The molecule has 2 rings (SSSR count). The molecule has 3 nitrogen and oxygen atoms in total. The van der Waals surface area contributed by atoms with Crippen molar-refractivity contribution in [1.82, 2.24) is 5.32 Å². The molecule has 0 spiro atoms. The van der Waals surface area contributed by atoms with Gasteiger partial charge >= 0.3 is 0 Å². The van der Waals surface area contributed by atoms with E-state index in [0.29, 0.717) is 13.0 Å². The Morgan fingerprint density at radius 3 is 2.48 bits per heavy atom. The van der Waals surface area contributed by atoms with Gasteiger partial charge in [0.15, 0.2) is 0 Å². The maximum absolute atomic E-state index is 11.8. The highest BCUT2D eigenvalue weighted by atomic mass is 16.5. The van der Waals surface area contributed by atoms with E-state index < -0.39 is 0 Å². The van der Waals surface area contributed by atoms with E-state index in [0.717, 1.165) is 16.9 Å². The average molecular weight is 281 g/mol. The summed E-state index contributed by atoms with van der Waals surface area (Å²) in [4.78, 5) is 11.8. The van der Waals surface area contributed by atoms with Crippen LogP contribution in [0.5, 0.6) is 5.75 Å². The Morgan fingerprint density at radius 2 is 1.81 bits per heavy atom. The zero-order valence-electron chi connectivity index (χ0n) is 12.1. The van der Waals surface area contributed by atoms with E-state index in [-0.39, 0.29) is 5.91 Å². The lowest BCUT2D eigenvalue weighted by molar-refractivity contribution is -0.120. The summed E-state index contributed by atoms with van der Waals surface area (Å²) in [5.74, 6) is 0.808. The molecule has 0 fully saturated rings. The van der Waals surface area contributed by atoms with Gasteiger partial charge in [-0.05, 0) is 23.3 Å². The van der Waals surface area contributed by atoms with Gasteiger partial charge in [-0.1, -0.05) is 54.6 Å². The summed E-state index contributed by atoms with van der Waals surface area (Å²) in [6, 6.07) is 17.5. The van der Waals surface area contributed by atoms with Crippen molar-refractivity contribution in [3.05, 3.63) is 71.8 Å². The molecule has 0 heterocycles. The first kappa shape index (κ1) is 14.9. The number of nitrogens with one attached hydrogen (secondary N) is 1. The molecular weight excluding hydrogens is 262 g/mol. The molecule has 0 aliphatic rings. The number of hydrogen-bond donors (Lipinski definition) is 1. The molecule has 3 heteroatoms.